The lowest BCUT2D eigenvalue weighted by molar-refractivity contribution is -0.142. The number of oxazole rings is 1. The molecule has 2 aromatic carbocycles. The Morgan fingerprint density at radius 1 is 1.02 bits per heavy atom. The molecule has 3 heterocycles. The van der Waals surface area contributed by atoms with E-state index < -0.39 is 23.8 Å². The lowest BCUT2D eigenvalue weighted by atomic mass is 9.87. The first-order valence-electron chi connectivity index (χ1n) is 14.4. The van der Waals surface area contributed by atoms with Crippen molar-refractivity contribution in [2.24, 2.45) is 11.8 Å². The Balaban J connectivity index is 1.16. The summed E-state index contributed by atoms with van der Waals surface area (Å²) in [6.45, 7) is 9.06. The minimum absolute atomic E-state index is 0.0356. The molecule has 4 aromatic rings. The summed E-state index contributed by atoms with van der Waals surface area (Å²) in [7, 11) is 0. The maximum absolute atomic E-state index is 13.1. The second-order valence-electron chi connectivity index (χ2n) is 12.1. The van der Waals surface area contributed by atoms with Crippen LogP contribution in [-0.2, 0) is 29.2 Å². The van der Waals surface area contributed by atoms with Crippen LogP contribution in [0.3, 0.4) is 0 Å². The fourth-order valence-corrected chi connectivity index (χ4v) is 5.37. The third kappa shape index (κ3) is 7.20. The molecule has 0 bridgehead atoms. The number of anilines is 1. The van der Waals surface area contributed by atoms with Crippen molar-refractivity contribution in [2.45, 2.75) is 52.1 Å². The van der Waals surface area contributed by atoms with Crippen LogP contribution in [0.15, 0.2) is 65.2 Å². The zero-order valence-electron chi connectivity index (χ0n) is 25.1. The summed E-state index contributed by atoms with van der Waals surface area (Å²) in [5.41, 5.74) is 2.89. The first-order chi connectivity index (χ1) is 20.8. The van der Waals surface area contributed by atoms with Gasteiger partial charge in [-0.2, -0.15) is 13.2 Å². The van der Waals surface area contributed by atoms with E-state index in [0.717, 1.165) is 34.8 Å². The Labute approximate surface area is 253 Å². The van der Waals surface area contributed by atoms with Gasteiger partial charge in [0, 0.05) is 31.3 Å². The van der Waals surface area contributed by atoms with Crippen LogP contribution < -0.4 is 9.64 Å². The SMILES string of the molecule is Cc1oc(-c2ccc(C(C)(C)C)cc2)nc1CCOc1ccc(C[C@@H]2CN(c3nccc(C(F)(F)F)n3)C[C@H]2C(=O)O)cc1. The standard InChI is InChI=1S/C33H35F3N4O4/c1-20-27(38-29(44-20)22-7-9-24(10-8-22)32(2,3)4)14-16-43-25-11-5-21(6-12-25)17-23-18-40(19-26(23)30(41)42)31-37-15-13-28(39-31)33(34,35)36/h5-13,15,23,26H,14,16-19H2,1-4H3,(H,41,42)/t23-,26-/m1/s1. The number of carboxylic acid groups (broad SMARTS) is 1. The van der Waals surface area contributed by atoms with Crippen molar-refractivity contribution in [3.8, 4) is 17.2 Å². The fourth-order valence-electron chi connectivity index (χ4n) is 5.37. The van der Waals surface area contributed by atoms with Crippen molar-refractivity contribution < 1.29 is 32.2 Å². The van der Waals surface area contributed by atoms with Gasteiger partial charge in [-0.15, -0.1) is 0 Å². The lowest BCUT2D eigenvalue weighted by Crippen LogP contribution is -2.25. The molecule has 11 heteroatoms. The molecular formula is C33H35F3N4O4. The van der Waals surface area contributed by atoms with Crippen LogP contribution in [0.2, 0.25) is 0 Å². The summed E-state index contributed by atoms with van der Waals surface area (Å²) >= 11 is 0. The zero-order chi connectivity index (χ0) is 31.6. The fraction of sp³-hybridized carbons (Fsp3) is 0.394. The topological polar surface area (TPSA) is 102 Å². The van der Waals surface area contributed by atoms with Gasteiger partial charge in [0.05, 0.1) is 18.2 Å². The van der Waals surface area contributed by atoms with Crippen molar-refractivity contribution in [1.29, 1.82) is 0 Å². The first kappa shape index (κ1) is 31.0. The third-order valence-corrected chi connectivity index (χ3v) is 7.89. The summed E-state index contributed by atoms with van der Waals surface area (Å²) < 4.78 is 51.2. The van der Waals surface area contributed by atoms with Crippen LogP contribution in [-0.4, -0.2) is 45.7 Å². The number of aliphatic carboxylic acids is 1. The summed E-state index contributed by atoms with van der Waals surface area (Å²) in [5.74, 6) is -0.237. The van der Waals surface area contributed by atoms with E-state index in [-0.39, 0.29) is 30.4 Å². The second kappa shape index (κ2) is 12.3. The number of benzene rings is 2. The Hall–Kier alpha value is -4.41. The largest absolute Gasteiger partial charge is 0.493 e. The van der Waals surface area contributed by atoms with Gasteiger partial charge >= 0.3 is 12.1 Å². The van der Waals surface area contributed by atoms with Crippen molar-refractivity contribution in [1.82, 2.24) is 15.0 Å². The van der Waals surface area contributed by atoms with Gasteiger partial charge in [-0.1, -0.05) is 45.0 Å². The molecule has 0 aliphatic carbocycles. The van der Waals surface area contributed by atoms with Crippen LogP contribution in [0.25, 0.3) is 11.5 Å². The van der Waals surface area contributed by atoms with Crippen LogP contribution in [0.4, 0.5) is 19.1 Å². The van der Waals surface area contributed by atoms with Crippen molar-refractivity contribution in [3.63, 3.8) is 0 Å². The van der Waals surface area contributed by atoms with E-state index in [1.807, 2.05) is 43.3 Å². The molecule has 8 nitrogen and oxygen atoms in total. The van der Waals surface area contributed by atoms with Gasteiger partial charge in [0.1, 0.15) is 17.2 Å². The predicted molar refractivity (Wildman–Crippen MR) is 159 cm³/mol. The van der Waals surface area contributed by atoms with Crippen molar-refractivity contribution >= 4 is 11.9 Å². The smallest absolute Gasteiger partial charge is 0.433 e. The third-order valence-electron chi connectivity index (χ3n) is 7.89. The molecule has 0 amide bonds. The maximum atomic E-state index is 13.1. The van der Waals surface area contributed by atoms with E-state index in [9.17, 15) is 23.1 Å². The van der Waals surface area contributed by atoms with E-state index >= 15 is 0 Å². The van der Waals surface area contributed by atoms with Crippen molar-refractivity contribution in [2.75, 3.05) is 24.6 Å². The molecule has 1 saturated heterocycles. The zero-order valence-corrected chi connectivity index (χ0v) is 25.1. The summed E-state index contributed by atoms with van der Waals surface area (Å²) in [5, 5.41) is 9.79. The number of hydrogen-bond acceptors (Lipinski definition) is 7. The molecule has 1 aliphatic rings. The van der Waals surface area contributed by atoms with Gasteiger partial charge in [-0.05, 0) is 66.1 Å². The molecule has 0 radical (unpaired) electrons. The van der Waals surface area contributed by atoms with Crippen LogP contribution >= 0.6 is 0 Å². The number of nitrogens with zero attached hydrogens (tertiary/aromatic N) is 4. The number of ether oxygens (including phenoxy) is 1. The molecule has 2 aromatic heterocycles. The molecule has 1 fully saturated rings. The average Bonchev–Trinajstić information content (AvgIpc) is 3.57. The number of hydrogen-bond donors (Lipinski definition) is 1. The van der Waals surface area contributed by atoms with E-state index in [2.05, 4.69) is 47.9 Å². The highest BCUT2D eigenvalue weighted by atomic mass is 19.4. The number of carbonyl (C=O) groups is 1. The van der Waals surface area contributed by atoms with E-state index in [4.69, 9.17) is 9.15 Å². The normalized spacial score (nSPS) is 17.2. The number of carboxylic acids is 1. The maximum Gasteiger partial charge on any atom is 0.433 e. The average molecular weight is 609 g/mol. The molecule has 0 unspecified atom stereocenters. The highest BCUT2D eigenvalue weighted by Gasteiger charge is 2.40. The predicted octanol–water partition coefficient (Wildman–Crippen LogP) is 6.76. The van der Waals surface area contributed by atoms with Gasteiger partial charge in [-0.25, -0.2) is 15.0 Å². The molecule has 0 saturated carbocycles. The van der Waals surface area contributed by atoms with Gasteiger partial charge in [0.2, 0.25) is 11.8 Å². The molecule has 232 valence electrons. The number of aryl methyl sites for hydroxylation is 1. The molecule has 0 spiro atoms. The second-order valence-corrected chi connectivity index (χ2v) is 12.1. The number of aromatic nitrogens is 3. The molecule has 1 N–H and O–H groups in total. The molecule has 2 atom stereocenters. The molecule has 5 rings (SSSR count). The lowest BCUT2D eigenvalue weighted by Gasteiger charge is -2.18. The van der Waals surface area contributed by atoms with Crippen LogP contribution in [0.1, 0.15) is 49.0 Å². The number of halogens is 3. The highest BCUT2D eigenvalue weighted by Crippen LogP contribution is 2.33. The van der Waals surface area contributed by atoms with E-state index in [1.165, 1.54) is 10.5 Å². The van der Waals surface area contributed by atoms with E-state index in [1.54, 1.807) is 0 Å². The van der Waals surface area contributed by atoms with E-state index in [0.29, 0.717) is 31.1 Å². The Morgan fingerprint density at radius 2 is 1.73 bits per heavy atom. The Kier molecular flexibility index (Phi) is 8.67. The Morgan fingerprint density at radius 3 is 2.36 bits per heavy atom. The summed E-state index contributed by atoms with van der Waals surface area (Å²) in [6.07, 6.45) is -2.57. The minimum atomic E-state index is -4.61. The quantitative estimate of drug-likeness (QED) is 0.223. The molecule has 1 aliphatic heterocycles. The molecule has 44 heavy (non-hydrogen) atoms. The first-order valence-corrected chi connectivity index (χ1v) is 14.4. The summed E-state index contributed by atoms with van der Waals surface area (Å²) in [4.78, 5) is 25.7. The van der Waals surface area contributed by atoms with Crippen molar-refractivity contribution in [3.05, 3.63) is 89.1 Å². The number of rotatable bonds is 9. The van der Waals surface area contributed by atoms with Crippen LogP contribution in [0, 0.1) is 18.8 Å². The van der Waals surface area contributed by atoms with Gasteiger partial charge in [-0.3, -0.25) is 4.79 Å². The highest BCUT2D eigenvalue weighted by molar-refractivity contribution is 5.72. The van der Waals surface area contributed by atoms with Gasteiger partial charge in [0.15, 0.2) is 0 Å². The summed E-state index contributed by atoms with van der Waals surface area (Å²) in [6, 6.07) is 16.4. The van der Waals surface area contributed by atoms with Gasteiger partial charge in [0.25, 0.3) is 0 Å². The van der Waals surface area contributed by atoms with Crippen LogP contribution in [0.5, 0.6) is 5.75 Å². The number of alkyl halides is 3. The minimum Gasteiger partial charge on any atom is -0.493 e. The van der Waals surface area contributed by atoms with Gasteiger partial charge < -0.3 is 19.2 Å². The Bertz CT molecular complexity index is 1600. The monoisotopic (exact) mass is 608 g/mol. The molecular weight excluding hydrogens is 573 g/mol.